The van der Waals surface area contributed by atoms with E-state index in [-0.39, 0.29) is 0 Å². The Morgan fingerprint density at radius 3 is 2.50 bits per heavy atom. The molecule has 0 saturated heterocycles. The molecular weight excluding hydrogens is 198 g/mol. The number of ketones is 1. The molecule has 2 saturated carbocycles. The Balaban J connectivity index is 1.70. The molecule has 2 aliphatic rings. The van der Waals surface area contributed by atoms with E-state index in [0.29, 0.717) is 11.7 Å². The molecule has 0 bridgehead atoms. The van der Waals surface area contributed by atoms with Crippen molar-refractivity contribution in [3.8, 4) is 0 Å². The summed E-state index contributed by atoms with van der Waals surface area (Å²) in [7, 11) is 2.25. The van der Waals surface area contributed by atoms with Gasteiger partial charge in [0.2, 0.25) is 0 Å². The van der Waals surface area contributed by atoms with Gasteiger partial charge in [0.25, 0.3) is 0 Å². The molecule has 16 heavy (non-hydrogen) atoms. The minimum absolute atomic E-state index is 0.394. The highest BCUT2D eigenvalue weighted by atomic mass is 16.1. The topological polar surface area (TPSA) is 20.3 Å². The summed E-state index contributed by atoms with van der Waals surface area (Å²) in [6.07, 6.45) is 11.2. The van der Waals surface area contributed by atoms with Gasteiger partial charge in [-0.2, -0.15) is 0 Å². The van der Waals surface area contributed by atoms with E-state index in [1.807, 2.05) is 0 Å². The summed E-state index contributed by atoms with van der Waals surface area (Å²) < 4.78 is 0. The van der Waals surface area contributed by atoms with Crippen LogP contribution in [0.3, 0.4) is 0 Å². The third-order valence-corrected chi connectivity index (χ3v) is 4.46. The summed E-state index contributed by atoms with van der Waals surface area (Å²) in [5.41, 5.74) is 0. The molecule has 0 radical (unpaired) electrons. The van der Waals surface area contributed by atoms with Gasteiger partial charge in [-0.15, -0.1) is 0 Å². The third kappa shape index (κ3) is 3.07. The van der Waals surface area contributed by atoms with Crippen molar-refractivity contribution >= 4 is 5.78 Å². The van der Waals surface area contributed by atoms with Crippen LogP contribution < -0.4 is 0 Å². The van der Waals surface area contributed by atoms with E-state index in [4.69, 9.17) is 0 Å². The second-order valence-electron chi connectivity index (χ2n) is 5.62. The second kappa shape index (κ2) is 5.81. The summed E-state index contributed by atoms with van der Waals surface area (Å²) in [5.74, 6) is 0.920. The Bertz CT molecular complexity index is 233. The summed E-state index contributed by atoms with van der Waals surface area (Å²) >= 11 is 0. The maximum absolute atomic E-state index is 11.5. The molecule has 0 heterocycles. The van der Waals surface area contributed by atoms with Crippen LogP contribution in [0.5, 0.6) is 0 Å². The highest BCUT2D eigenvalue weighted by Crippen LogP contribution is 2.26. The number of hydrogen-bond acceptors (Lipinski definition) is 2. The molecule has 1 unspecified atom stereocenters. The lowest BCUT2D eigenvalue weighted by atomic mass is 9.94. The van der Waals surface area contributed by atoms with Crippen molar-refractivity contribution in [2.45, 2.75) is 63.8 Å². The molecule has 92 valence electrons. The average Bonchev–Trinajstić information content (AvgIpc) is 2.73. The number of carbonyl (C=O) groups excluding carboxylic acids is 1. The Hall–Kier alpha value is -0.370. The van der Waals surface area contributed by atoms with E-state index >= 15 is 0 Å². The SMILES string of the molecule is CN(CCC1CCCC1=O)C1CCCCC1. The molecule has 1 atom stereocenters. The Labute approximate surface area is 99.4 Å². The van der Waals surface area contributed by atoms with Crippen LogP contribution in [0.2, 0.25) is 0 Å². The zero-order valence-corrected chi connectivity index (χ0v) is 10.6. The molecule has 0 aromatic rings. The fourth-order valence-electron chi connectivity index (χ4n) is 3.26. The van der Waals surface area contributed by atoms with Crippen molar-refractivity contribution in [2.24, 2.45) is 5.92 Å². The number of rotatable bonds is 4. The van der Waals surface area contributed by atoms with Gasteiger partial charge in [-0.1, -0.05) is 19.3 Å². The Morgan fingerprint density at radius 2 is 1.88 bits per heavy atom. The van der Waals surface area contributed by atoms with Gasteiger partial charge in [0.1, 0.15) is 5.78 Å². The molecule has 2 nitrogen and oxygen atoms in total. The summed E-state index contributed by atoms with van der Waals surface area (Å²) in [6.45, 7) is 1.13. The smallest absolute Gasteiger partial charge is 0.136 e. The molecule has 2 heteroatoms. The van der Waals surface area contributed by atoms with Crippen LogP contribution >= 0.6 is 0 Å². The van der Waals surface area contributed by atoms with Crippen LogP contribution in [0.25, 0.3) is 0 Å². The largest absolute Gasteiger partial charge is 0.303 e. The van der Waals surface area contributed by atoms with Crippen molar-refractivity contribution in [2.75, 3.05) is 13.6 Å². The number of nitrogens with zero attached hydrogens (tertiary/aromatic N) is 1. The Kier molecular flexibility index (Phi) is 4.39. The van der Waals surface area contributed by atoms with Gasteiger partial charge in [0, 0.05) is 18.4 Å². The van der Waals surface area contributed by atoms with E-state index in [1.165, 1.54) is 32.1 Å². The van der Waals surface area contributed by atoms with Crippen molar-refractivity contribution in [3.05, 3.63) is 0 Å². The lowest BCUT2D eigenvalue weighted by Gasteiger charge is -2.31. The van der Waals surface area contributed by atoms with Crippen LogP contribution in [-0.4, -0.2) is 30.3 Å². The van der Waals surface area contributed by atoms with Crippen molar-refractivity contribution in [1.82, 2.24) is 4.90 Å². The Morgan fingerprint density at radius 1 is 1.12 bits per heavy atom. The lowest BCUT2D eigenvalue weighted by Crippen LogP contribution is -2.35. The van der Waals surface area contributed by atoms with E-state index in [2.05, 4.69) is 11.9 Å². The van der Waals surface area contributed by atoms with E-state index in [1.54, 1.807) is 0 Å². The first-order valence-electron chi connectivity index (χ1n) is 7.00. The summed E-state index contributed by atoms with van der Waals surface area (Å²) in [6, 6.07) is 0.797. The highest BCUT2D eigenvalue weighted by molar-refractivity contribution is 5.82. The predicted molar refractivity (Wildman–Crippen MR) is 66.5 cm³/mol. The predicted octanol–water partition coefficient (Wildman–Crippen LogP) is 3.01. The quantitative estimate of drug-likeness (QED) is 0.730. The lowest BCUT2D eigenvalue weighted by molar-refractivity contribution is -0.120. The van der Waals surface area contributed by atoms with Crippen molar-refractivity contribution in [3.63, 3.8) is 0 Å². The monoisotopic (exact) mass is 223 g/mol. The van der Waals surface area contributed by atoms with Crippen LogP contribution in [0.4, 0.5) is 0 Å². The molecule has 0 N–H and O–H groups in total. The zero-order chi connectivity index (χ0) is 11.4. The molecule has 0 aromatic carbocycles. The highest BCUT2D eigenvalue weighted by Gasteiger charge is 2.25. The van der Waals surface area contributed by atoms with E-state index < -0.39 is 0 Å². The van der Waals surface area contributed by atoms with Crippen LogP contribution in [0.1, 0.15) is 57.8 Å². The molecule has 0 aromatic heterocycles. The van der Waals surface area contributed by atoms with E-state index in [9.17, 15) is 4.79 Å². The molecule has 2 rings (SSSR count). The molecule has 2 fully saturated rings. The molecule has 2 aliphatic carbocycles. The molecular formula is C14H25NO. The first kappa shape index (κ1) is 12.1. The molecule has 0 spiro atoms. The third-order valence-electron chi connectivity index (χ3n) is 4.46. The molecule has 0 aliphatic heterocycles. The van der Waals surface area contributed by atoms with Crippen LogP contribution in [0.15, 0.2) is 0 Å². The first-order chi connectivity index (χ1) is 7.77. The zero-order valence-electron chi connectivity index (χ0n) is 10.6. The van der Waals surface area contributed by atoms with Gasteiger partial charge in [-0.3, -0.25) is 4.79 Å². The van der Waals surface area contributed by atoms with Crippen molar-refractivity contribution < 1.29 is 4.79 Å². The maximum atomic E-state index is 11.5. The molecule has 0 amide bonds. The van der Waals surface area contributed by atoms with Gasteiger partial charge in [0.05, 0.1) is 0 Å². The van der Waals surface area contributed by atoms with E-state index in [0.717, 1.165) is 38.3 Å². The van der Waals surface area contributed by atoms with Gasteiger partial charge in [0.15, 0.2) is 0 Å². The van der Waals surface area contributed by atoms with Crippen LogP contribution in [-0.2, 0) is 4.79 Å². The first-order valence-corrected chi connectivity index (χ1v) is 7.00. The number of Topliss-reactive ketones (excluding diaryl/α,β-unsaturated/α-hetero) is 1. The van der Waals surface area contributed by atoms with Gasteiger partial charge >= 0.3 is 0 Å². The second-order valence-corrected chi connectivity index (χ2v) is 5.62. The standard InChI is InChI=1S/C14H25NO/c1-15(13-7-3-2-4-8-13)11-10-12-6-5-9-14(12)16/h12-13H,2-11H2,1H3. The minimum Gasteiger partial charge on any atom is -0.303 e. The fourth-order valence-corrected chi connectivity index (χ4v) is 3.26. The van der Waals surface area contributed by atoms with Gasteiger partial charge < -0.3 is 4.90 Å². The maximum Gasteiger partial charge on any atom is 0.136 e. The summed E-state index contributed by atoms with van der Waals surface area (Å²) in [5, 5.41) is 0. The summed E-state index contributed by atoms with van der Waals surface area (Å²) in [4.78, 5) is 14.0. The minimum atomic E-state index is 0.394. The van der Waals surface area contributed by atoms with Crippen molar-refractivity contribution in [1.29, 1.82) is 0 Å². The van der Waals surface area contributed by atoms with Gasteiger partial charge in [-0.05, 0) is 45.7 Å². The normalized spacial score (nSPS) is 27.9. The number of carbonyl (C=O) groups is 1. The number of hydrogen-bond donors (Lipinski definition) is 0. The fraction of sp³-hybridized carbons (Fsp3) is 0.929. The van der Waals surface area contributed by atoms with Gasteiger partial charge in [-0.25, -0.2) is 0 Å². The average molecular weight is 223 g/mol. The van der Waals surface area contributed by atoms with Crippen LogP contribution in [0, 0.1) is 5.92 Å².